The van der Waals surface area contributed by atoms with Crippen molar-refractivity contribution >= 4 is 11.6 Å². The molecular formula is C15H21ClN2O3. The monoisotopic (exact) mass is 312 g/mol. The molecule has 1 fully saturated rings. The fourth-order valence-electron chi connectivity index (χ4n) is 2.71. The quantitative estimate of drug-likeness (QED) is 0.920. The lowest BCUT2D eigenvalue weighted by molar-refractivity contribution is -0.0403. The van der Waals surface area contributed by atoms with E-state index in [1.807, 2.05) is 19.1 Å². The second-order valence-corrected chi connectivity index (χ2v) is 6.01. The van der Waals surface area contributed by atoms with Gasteiger partial charge in [0, 0.05) is 25.7 Å². The van der Waals surface area contributed by atoms with Crippen LogP contribution in [0.15, 0.2) is 12.1 Å². The largest absolute Gasteiger partial charge is 0.486 e. The molecule has 0 spiro atoms. The van der Waals surface area contributed by atoms with Crippen molar-refractivity contribution in [2.45, 2.75) is 25.6 Å². The zero-order valence-corrected chi connectivity index (χ0v) is 12.9. The third-order valence-corrected chi connectivity index (χ3v) is 4.11. The van der Waals surface area contributed by atoms with Gasteiger partial charge in [0.05, 0.1) is 17.7 Å². The molecule has 2 aliphatic rings. The van der Waals surface area contributed by atoms with Crippen LogP contribution in [-0.2, 0) is 11.3 Å². The third kappa shape index (κ3) is 3.43. The summed E-state index contributed by atoms with van der Waals surface area (Å²) in [5.74, 6) is 1.39. The highest BCUT2D eigenvalue weighted by molar-refractivity contribution is 6.32. The van der Waals surface area contributed by atoms with Gasteiger partial charge < -0.3 is 19.9 Å². The molecule has 2 aliphatic heterocycles. The van der Waals surface area contributed by atoms with Crippen LogP contribution >= 0.6 is 11.6 Å². The second kappa shape index (κ2) is 6.40. The Morgan fingerprint density at radius 2 is 2.14 bits per heavy atom. The molecule has 2 atom stereocenters. The SMILES string of the molecule is CC(N)C1CN(Cc2cc(Cl)c3c(c2)OCCO3)CCO1. The van der Waals surface area contributed by atoms with Crippen molar-refractivity contribution in [3.05, 3.63) is 22.7 Å². The molecule has 3 rings (SSSR count). The van der Waals surface area contributed by atoms with E-state index >= 15 is 0 Å². The average molecular weight is 313 g/mol. The Kier molecular flexibility index (Phi) is 4.54. The van der Waals surface area contributed by atoms with E-state index in [2.05, 4.69) is 4.90 Å². The number of fused-ring (bicyclic) bond motifs is 1. The van der Waals surface area contributed by atoms with Crippen LogP contribution in [0.3, 0.4) is 0 Å². The van der Waals surface area contributed by atoms with Crippen LogP contribution < -0.4 is 15.2 Å². The molecule has 0 radical (unpaired) electrons. The number of morpholine rings is 1. The maximum Gasteiger partial charge on any atom is 0.179 e. The van der Waals surface area contributed by atoms with Gasteiger partial charge in [0.15, 0.2) is 11.5 Å². The van der Waals surface area contributed by atoms with Gasteiger partial charge >= 0.3 is 0 Å². The van der Waals surface area contributed by atoms with Crippen molar-refractivity contribution in [3.8, 4) is 11.5 Å². The Bertz CT molecular complexity index is 510. The van der Waals surface area contributed by atoms with Crippen molar-refractivity contribution in [2.24, 2.45) is 5.73 Å². The Hall–Kier alpha value is -1.01. The summed E-state index contributed by atoms with van der Waals surface area (Å²) in [4.78, 5) is 2.33. The van der Waals surface area contributed by atoms with E-state index in [1.54, 1.807) is 0 Å². The molecule has 0 amide bonds. The highest BCUT2D eigenvalue weighted by atomic mass is 35.5. The van der Waals surface area contributed by atoms with Crippen molar-refractivity contribution in [2.75, 3.05) is 32.9 Å². The molecule has 2 N–H and O–H groups in total. The summed E-state index contributed by atoms with van der Waals surface area (Å²) in [6.07, 6.45) is 0.0893. The van der Waals surface area contributed by atoms with Gasteiger partial charge in [0.2, 0.25) is 0 Å². The number of hydrogen-bond acceptors (Lipinski definition) is 5. The predicted molar refractivity (Wildman–Crippen MR) is 81.1 cm³/mol. The van der Waals surface area contributed by atoms with E-state index in [-0.39, 0.29) is 12.1 Å². The fourth-order valence-corrected chi connectivity index (χ4v) is 2.99. The van der Waals surface area contributed by atoms with Crippen molar-refractivity contribution in [3.63, 3.8) is 0 Å². The first kappa shape index (κ1) is 14.9. The van der Waals surface area contributed by atoms with E-state index in [4.69, 9.17) is 31.5 Å². The minimum absolute atomic E-state index is 0.0386. The number of hydrogen-bond donors (Lipinski definition) is 1. The average Bonchev–Trinajstić information content (AvgIpc) is 2.47. The second-order valence-electron chi connectivity index (χ2n) is 5.61. The molecule has 6 heteroatoms. The first-order valence-corrected chi connectivity index (χ1v) is 7.69. The van der Waals surface area contributed by atoms with E-state index in [1.165, 1.54) is 0 Å². The topological polar surface area (TPSA) is 57.0 Å². The van der Waals surface area contributed by atoms with Gasteiger partial charge in [-0.25, -0.2) is 0 Å². The molecule has 0 aromatic heterocycles. The fraction of sp³-hybridized carbons (Fsp3) is 0.600. The maximum absolute atomic E-state index is 6.28. The molecule has 2 heterocycles. The lowest BCUT2D eigenvalue weighted by atomic mass is 10.1. The molecule has 5 nitrogen and oxygen atoms in total. The third-order valence-electron chi connectivity index (χ3n) is 3.83. The standard InChI is InChI=1S/C15H21ClN2O3/c1-10(17)14-9-18(2-3-19-14)8-11-6-12(16)15-13(7-11)20-4-5-21-15/h6-7,10,14H,2-5,8-9,17H2,1H3. The molecule has 2 unspecified atom stereocenters. The first-order chi connectivity index (χ1) is 10.1. The minimum Gasteiger partial charge on any atom is -0.486 e. The molecule has 0 saturated carbocycles. The van der Waals surface area contributed by atoms with Crippen LogP contribution in [0.2, 0.25) is 5.02 Å². The number of nitrogens with zero attached hydrogens (tertiary/aromatic N) is 1. The van der Waals surface area contributed by atoms with Gasteiger partial charge in [-0.3, -0.25) is 4.90 Å². The van der Waals surface area contributed by atoms with Gasteiger partial charge in [0.1, 0.15) is 13.2 Å². The Morgan fingerprint density at radius 1 is 1.33 bits per heavy atom. The zero-order valence-electron chi connectivity index (χ0n) is 12.2. The van der Waals surface area contributed by atoms with E-state index in [0.717, 1.165) is 30.9 Å². The summed E-state index contributed by atoms with van der Waals surface area (Å²) in [5.41, 5.74) is 7.05. The highest BCUT2D eigenvalue weighted by Crippen LogP contribution is 2.38. The first-order valence-electron chi connectivity index (χ1n) is 7.31. The van der Waals surface area contributed by atoms with E-state index in [0.29, 0.717) is 30.6 Å². The lowest BCUT2D eigenvalue weighted by Gasteiger charge is -2.35. The summed E-state index contributed by atoms with van der Waals surface area (Å²) in [6, 6.07) is 4.00. The molecule has 116 valence electrons. The molecule has 21 heavy (non-hydrogen) atoms. The van der Waals surface area contributed by atoms with Crippen molar-refractivity contribution in [1.82, 2.24) is 4.90 Å². The van der Waals surface area contributed by atoms with Crippen LogP contribution in [0.1, 0.15) is 12.5 Å². The summed E-state index contributed by atoms with van der Waals surface area (Å²) >= 11 is 6.28. The number of nitrogens with two attached hydrogens (primary N) is 1. The van der Waals surface area contributed by atoms with E-state index in [9.17, 15) is 0 Å². The molecule has 1 aromatic carbocycles. The molecular weight excluding hydrogens is 292 g/mol. The Labute approximate surface area is 129 Å². The number of halogens is 1. The molecule has 1 aromatic rings. The van der Waals surface area contributed by atoms with Crippen LogP contribution in [-0.4, -0.2) is 50.0 Å². The van der Waals surface area contributed by atoms with Crippen molar-refractivity contribution in [1.29, 1.82) is 0 Å². The van der Waals surface area contributed by atoms with Gasteiger partial charge in [-0.15, -0.1) is 0 Å². The number of benzene rings is 1. The lowest BCUT2D eigenvalue weighted by Crippen LogP contribution is -2.49. The predicted octanol–water partition coefficient (Wildman–Crippen LogP) is 1.66. The van der Waals surface area contributed by atoms with Crippen molar-refractivity contribution < 1.29 is 14.2 Å². The normalized spacial score (nSPS) is 23.9. The summed E-state index contributed by atoms with van der Waals surface area (Å²) in [5, 5.41) is 0.610. The zero-order chi connectivity index (χ0) is 14.8. The van der Waals surface area contributed by atoms with Gasteiger partial charge in [-0.05, 0) is 24.6 Å². The molecule has 1 saturated heterocycles. The smallest absolute Gasteiger partial charge is 0.179 e. The summed E-state index contributed by atoms with van der Waals surface area (Å²) in [7, 11) is 0. The highest BCUT2D eigenvalue weighted by Gasteiger charge is 2.24. The Balaban J connectivity index is 1.71. The number of ether oxygens (including phenoxy) is 3. The summed E-state index contributed by atoms with van der Waals surface area (Å²) in [6.45, 7) is 6.35. The minimum atomic E-state index is 0.0386. The maximum atomic E-state index is 6.28. The number of rotatable bonds is 3. The Morgan fingerprint density at radius 3 is 2.95 bits per heavy atom. The van der Waals surface area contributed by atoms with E-state index < -0.39 is 0 Å². The molecule has 0 bridgehead atoms. The van der Waals surface area contributed by atoms with Crippen LogP contribution in [0.25, 0.3) is 0 Å². The van der Waals surface area contributed by atoms with Gasteiger partial charge in [-0.1, -0.05) is 11.6 Å². The summed E-state index contributed by atoms with van der Waals surface area (Å²) < 4.78 is 16.8. The van der Waals surface area contributed by atoms with Crippen LogP contribution in [0.5, 0.6) is 11.5 Å². The van der Waals surface area contributed by atoms with Gasteiger partial charge in [-0.2, -0.15) is 0 Å². The van der Waals surface area contributed by atoms with Crippen LogP contribution in [0.4, 0.5) is 0 Å². The molecule has 0 aliphatic carbocycles. The van der Waals surface area contributed by atoms with Gasteiger partial charge in [0.25, 0.3) is 0 Å². The van der Waals surface area contributed by atoms with Crippen LogP contribution in [0, 0.1) is 0 Å².